The van der Waals surface area contributed by atoms with Crippen molar-refractivity contribution in [3.63, 3.8) is 0 Å². The van der Waals surface area contributed by atoms with Gasteiger partial charge in [0, 0.05) is 12.0 Å². The number of aryl methyl sites for hydroxylation is 2. The van der Waals surface area contributed by atoms with Crippen LogP contribution < -0.4 is 10.5 Å². The first kappa shape index (κ1) is 5.08. The maximum Gasteiger partial charge on any atom is 0.295 e. The second kappa shape index (κ2) is 1.47. The van der Waals surface area contributed by atoms with E-state index in [4.69, 9.17) is 5.84 Å². The molecule has 0 spiro atoms. The third-order valence-electron chi connectivity index (χ3n) is 0.968. The lowest BCUT2D eigenvalue weighted by Crippen LogP contribution is -2.45. The van der Waals surface area contributed by atoms with E-state index < -0.39 is 0 Å². The van der Waals surface area contributed by atoms with E-state index in [0.29, 0.717) is 0 Å². The van der Waals surface area contributed by atoms with Crippen molar-refractivity contribution in [2.45, 2.75) is 6.92 Å². The van der Waals surface area contributed by atoms with Gasteiger partial charge in [0.25, 0.3) is 5.82 Å². The molecule has 4 heteroatoms. The van der Waals surface area contributed by atoms with E-state index in [9.17, 15) is 0 Å². The minimum atomic E-state index is 0.813. The van der Waals surface area contributed by atoms with Crippen LogP contribution in [0, 0.1) is 6.92 Å². The van der Waals surface area contributed by atoms with E-state index in [-0.39, 0.29) is 0 Å². The fraction of sp³-hybridized carbons (Fsp3) is 0.500. The zero-order valence-electron chi connectivity index (χ0n) is 5.00. The number of hydrogen-bond acceptors (Lipinski definition) is 2. The Bertz CT molecular complexity index is 170. The lowest BCUT2D eigenvalue weighted by Gasteiger charge is -1.76. The van der Waals surface area contributed by atoms with Gasteiger partial charge < -0.3 is 0 Å². The maximum absolute atomic E-state index is 5.37. The summed E-state index contributed by atoms with van der Waals surface area (Å²) in [4.78, 5) is 0. The largest absolute Gasteiger partial charge is 0.295 e. The Morgan fingerprint density at radius 1 is 1.88 bits per heavy atom. The molecular weight excluding hydrogens is 104 g/mol. The molecule has 4 nitrogen and oxygen atoms in total. The summed E-state index contributed by atoms with van der Waals surface area (Å²) in [5.74, 6) is 6.19. The smallest absolute Gasteiger partial charge is 0.289 e. The molecule has 0 saturated heterocycles. The Hall–Kier alpha value is -1.06. The van der Waals surface area contributed by atoms with Crippen LogP contribution >= 0.6 is 0 Å². The number of nitrogen functional groups attached to an aromatic ring is 1. The van der Waals surface area contributed by atoms with Crippen molar-refractivity contribution in [2.24, 2.45) is 7.05 Å². The van der Waals surface area contributed by atoms with Crippen molar-refractivity contribution in [3.05, 3.63) is 12.2 Å². The molecule has 2 N–H and O–H groups in total. The highest BCUT2D eigenvalue weighted by Crippen LogP contribution is 1.74. The predicted molar refractivity (Wildman–Crippen MR) is 28.3 cm³/mol. The molecule has 8 heavy (non-hydrogen) atoms. The fourth-order valence-electron chi connectivity index (χ4n) is 0.569. The van der Waals surface area contributed by atoms with Crippen LogP contribution in [-0.2, 0) is 7.05 Å². The van der Waals surface area contributed by atoms with Crippen LogP contribution in [0.1, 0.15) is 5.82 Å². The first-order valence-electron chi connectivity index (χ1n) is 2.37. The van der Waals surface area contributed by atoms with Crippen LogP contribution in [-0.4, -0.2) is 9.78 Å². The van der Waals surface area contributed by atoms with Crippen LogP contribution in [0.15, 0.2) is 6.33 Å². The summed E-state index contributed by atoms with van der Waals surface area (Å²) in [7, 11) is 1.83. The van der Waals surface area contributed by atoms with Crippen molar-refractivity contribution < 1.29 is 4.68 Å². The van der Waals surface area contributed by atoms with E-state index in [2.05, 4.69) is 5.10 Å². The van der Waals surface area contributed by atoms with Gasteiger partial charge in [-0.1, -0.05) is 0 Å². The molecule has 0 bridgehead atoms. The van der Waals surface area contributed by atoms with Gasteiger partial charge in [0.15, 0.2) is 0 Å². The van der Waals surface area contributed by atoms with E-state index in [1.54, 1.807) is 11.0 Å². The highest BCUT2D eigenvalue weighted by Gasteiger charge is 2.03. The monoisotopic (exact) mass is 113 g/mol. The highest BCUT2D eigenvalue weighted by molar-refractivity contribution is 4.60. The third-order valence-corrected chi connectivity index (χ3v) is 0.968. The summed E-state index contributed by atoms with van der Waals surface area (Å²) in [6.45, 7) is 1.85. The molecule has 1 rings (SSSR count). The van der Waals surface area contributed by atoms with Crippen molar-refractivity contribution in [3.8, 4) is 0 Å². The standard InChI is InChI=1S/C4H9N4/c1-4-6-7(2)3-8(4)5/h3H,5H2,1-2H3/q+1. The van der Waals surface area contributed by atoms with E-state index in [0.717, 1.165) is 5.82 Å². The molecule has 0 aromatic carbocycles. The van der Waals surface area contributed by atoms with Crippen LogP contribution in [0.25, 0.3) is 0 Å². The predicted octanol–water partition coefficient (Wildman–Crippen LogP) is -1.27. The zero-order chi connectivity index (χ0) is 6.15. The highest BCUT2D eigenvalue weighted by atomic mass is 15.4. The molecule has 0 unspecified atom stereocenters. The molecule has 0 radical (unpaired) electrons. The quantitative estimate of drug-likeness (QED) is 0.337. The molecule has 0 atom stereocenters. The lowest BCUT2D eigenvalue weighted by atomic mass is 10.7. The van der Waals surface area contributed by atoms with Crippen LogP contribution in [0.5, 0.6) is 0 Å². The first-order valence-corrected chi connectivity index (χ1v) is 2.37. The van der Waals surface area contributed by atoms with Gasteiger partial charge in [0.2, 0.25) is 6.33 Å². The second-order valence-electron chi connectivity index (χ2n) is 1.74. The Morgan fingerprint density at radius 3 is 2.62 bits per heavy atom. The SMILES string of the molecule is Cc1nn(C)c[n+]1N. The summed E-state index contributed by atoms with van der Waals surface area (Å²) in [6.07, 6.45) is 1.70. The van der Waals surface area contributed by atoms with Gasteiger partial charge in [-0.15, -0.1) is 9.36 Å². The molecule has 1 aromatic rings. The van der Waals surface area contributed by atoms with Crippen LogP contribution in [0.4, 0.5) is 0 Å². The number of rotatable bonds is 0. The van der Waals surface area contributed by atoms with E-state index in [1.807, 2.05) is 14.0 Å². The second-order valence-corrected chi connectivity index (χ2v) is 1.74. The summed E-state index contributed by atoms with van der Waals surface area (Å²) < 4.78 is 3.13. The fourth-order valence-corrected chi connectivity index (χ4v) is 0.569. The lowest BCUT2D eigenvalue weighted by molar-refractivity contribution is -0.646. The van der Waals surface area contributed by atoms with Crippen molar-refractivity contribution in [1.29, 1.82) is 0 Å². The number of nitrogens with two attached hydrogens (primary N) is 1. The van der Waals surface area contributed by atoms with Crippen LogP contribution in [0.3, 0.4) is 0 Å². The topological polar surface area (TPSA) is 47.7 Å². The molecule has 0 saturated carbocycles. The molecule has 0 aliphatic heterocycles. The Balaban J connectivity index is 3.14. The Morgan fingerprint density at radius 2 is 2.50 bits per heavy atom. The average Bonchev–Trinajstić information content (AvgIpc) is 1.85. The number of hydrogen-bond donors (Lipinski definition) is 1. The Kier molecular flexibility index (Phi) is 0.932. The third kappa shape index (κ3) is 0.641. The Labute approximate surface area is 47.5 Å². The van der Waals surface area contributed by atoms with Gasteiger partial charge in [0.1, 0.15) is 0 Å². The van der Waals surface area contributed by atoms with Gasteiger partial charge in [-0.25, -0.2) is 0 Å². The van der Waals surface area contributed by atoms with Crippen molar-refractivity contribution >= 4 is 0 Å². The molecule has 1 heterocycles. The van der Waals surface area contributed by atoms with Gasteiger partial charge in [0.05, 0.1) is 7.05 Å². The molecule has 44 valence electrons. The molecule has 0 fully saturated rings. The maximum atomic E-state index is 5.37. The summed E-state index contributed by atoms with van der Waals surface area (Å²) in [5, 5.41) is 3.97. The summed E-state index contributed by atoms with van der Waals surface area (Å²) in [5.41, 5.74) is 0. The van der Waals surface area contributed by atoms with E-state index >= 15 is 0 Å². The van der Waals surface area contributed by atoms with Crippen molar-refractivity contribution in [1.82, 2.24) is 9.78 Å². The van der Waals surface area contributed by atoms with Crippen LogP contribution in [0.2, 0.25) is 0 Å². The van der Waals surface area contributed by atoms with Gasteiger partial charge in [-0.2, -0.15) is 0 Å². The van der Waals surface area contributed by atoms with Crippen molar-refractivity contribution in [2.75, 3.05) is 5.84 Å². The minimum Gasteiger partial charge on any atom is -0.289 e. The van der Waals surface area contributed by atoms with Gasteiger partial charge in [-0.3, -0.25) is 5.84 Å². The summed E-state index contributed by atoms with van der Waals surface area (Å²) >= 11 is 0. The zero-order valence-corrected chi connectivity index (χ0v) is 5.00. The molecular formula is C4H9N4+. The molecule has 1 aromatic heterocycles. The molecule has 0 aliphatic rings. The number of aromatic nitrogens is 3. The number of nitrogens with zero attached hydrogens (tertiary/aromatic N) is 3. The molecule has 0 aliphatic carbocycles. The minimum absolute atomic E-state index is 0.813. The van der Waals surface area contributed by atoms with E-state index in [1.165, 1.54) is 4.68 Å². The first-order chi connectivity index (χ1) is 3.70. The van der Waals surface area contributed by atoms with Gasteiger partial charge in [-0.05, 0) is 0 Å². The average molecular weight is 113 g/mol. The summed E-state index contributed by atoms with van der Waals surface area (Å²) in [6, 6.07) is 0. The molecule has 0 amide bonds. The van der Waals surface area contributed by atoms with Gasteiger partial charge >= 0.3 is 0 Å². The normalized spacial score (nSPS) is 9.75.